The summed E-state index contributed by atoms with van der Waals surface area (Å²) in [6.45, 7) is 6.06. The highest BCUT2D eigenvalue weighted by Gasteiger charge is 2.13. The van der Waals surface area contributed by atoms with E-state index < -0.39 is 6.10 Å². The molecule has 0 radical (unpaired) electrons. The number of rotatable bonds is 4. The van der Waals surface area contributed by atoms with Gasteiger partial charge in [-0.25, -0.2) is 0 Å². The molecule has 3 nitrogen and oxygen atoms in total. The van der Waals surface area contributed by atoms with Crippen LogP contribution in [0.1, 0.15) is 29.8 Å². The first-order valence-electron chi connectivity index (χ1n) is 5.01. The topological polar surface area (TPSA) is 49.3 Å². The van der Waals surface area contributed by atoms with Crippen molar-refractivity contribution in [1.82, 2.24) is 5.32 Å². The molecule has 0 saturated carbocycles. The summed E-state index contributed by atoms with van der Waals surface area (Å²) in [6.07, 6.45) is -0.479. The number of thiophene rings is 1. The molecule has 2 N–H and O–H groups in total. The zero-order valence-corrected chi connectivity index (χ0v) is 10.1. The molecule has 0 aliphatic heterocycles. The van der Waals surface area contributed by atoms with Gasteiger partial charge in [-0.15, -0.1) is 0 Å². The van der Waals surface area contributed by atoms with E-state index in [9.17, 15) is 9.90 Å². The van der Waals surface area contributed by atoms with E-state index in [4.69, 9.17) is 0 Å². The van der Waals surface area contributed by atoms with Gasteiger partial charge in [-0.1, -0.05) is 13.8 Å². The van der Waals surface area contributed by atoms with Crippen LogP contribution in [-0.2, 0) is 0 Å². The van der Waals surface area contributed by atoms with Crippen molar-refractivity contribution in [3.05, 3.63) is 21.9 Å². The number of hydrogen-bond acceptors (Lipinski definition) is 3. The van der Waals surface area contributed by atoms with Crippen LogP contribution in [0.4, 0.5) is 0 Å². The SMILES string of the molecule is Cc1cscc1C(=O)NC[C@@H](O)C(C)C. The number of carbonyl (C=O) groups excluding carboxylic acids is 1. The van der Waals surface area contributed by atoms with Crippen molar-refractivity contribution < 1.29 is 9.90 Å². The molecular formula is C11H17NO2S. The molecular weight excluding hydrogens is 210 g/mol. The van der Waals surface area contributed by atoms with Crippen molar-refractivity contribution in [3.63, 3.8) is 0 Å². The van der Waals surface area contributed by atoms with Gasteiger partial charge in [0.05, 0.1) is 11.7 Å². The van der Waals surface area contributed by atoms with Crippen molar-refractivity contribution in [2.75, 3.05) is 6.54 Å². The number of aryl methyl sites for hydroxylation is 1. The maximum absolute atomic E-state index is 11.6. The fourth-order valence-corrected chi connectivity index (χ4v) is 1.95. The summed E-state index contributed by atoms with van der Waals surface area (Å²) in [6, 6.07) is 0. The zero-order valence-electron chi connectivity index (χ0n) is 9.28. The largest absolute Gasteiger partial charge is 0.391 e. The molecule has 1 amide bonds. The fourth-order valence-electron chi connectivity index (χ4n) is 1.12. The number of nitrogens with one attached hydrogen (secondary N) is 1. The third-order valence-electron chi connectivity index (χ3n) is 2.34. The predicted octanol–water partition coefficient (Wildman–Crippen LogP) is 1.80. The maximum Gasteiger partial charge on any atom is 0.252 e. The number of carbonyl (C=O) groups is 1. The smallest absolute Gasteiger partial charge is 0.252 e. The molecule has 0 aromatic carbocycles. The first-order chi connectivity index (χ1) is 7.02. The van der Waals surface area contributed by atoms with Gasteiger partial charge in [0.25, 0.3) is 5.91 Å². The third-order valence-corrected chi connectivity index (χ3v) is 3.20. The first kappa shape index (κ1) is 12.2. The Bertz CT molecular complexity index is 333. The lowest BCUT2D eigenvalue weighted by Gasteiger charge is -2.14. The van der Waals surface area contributed by atoms with Crippen LogP contribution < -0.4 is 5.32 Å². The van der Waals surface area contributed by atoms with E-state index in [2.05, 4.69) is 5.32 Å². The number of amides is 1. The molecule has 1 heterocycles. The standard InChI is InChI=1S/C11H17NO2S/c1-7(2)10(13)4-12-11(14)9-6-15-5-8(9)3/h5-7,10,13H,4H2,1-3H3,(H,12,14)/t10-/m1/s1. The molecule has 0 aliphatic carbocycles. The monoisotopic (exact) mass is 227 g/mol. The van der Waals surface area contributed by atoms with Crippen molar-refractivity contribution in [2.45, 2.75) is 26.9 Å². The number of hydrogen-bond donors (Lipinski definition) is 2. The molecule has 1 aromatic rings. The minimum Gasteiger partial charge on any atom is -0.391 e. The zero-order chi connectivity index (χ0) is 11.4. The van der Waals surface area contributed by atoms with Crippen molar-refractivity contribution >= 4 is 17.2 Å². The van der Waals surface area contributed by atoms with Crippen molar-refractivity contribution in [1.29, 1.82) is 0 Å². The van der Waals surface area contributed by atoms with Gasteiger partial charge in [-0.2, -0.15) is 11.3 Å². The van der Waals surface area contributed by atoms with Gasteiger partial charge in [-0.05, 0) is 23.8 Å². The Morgan fingerprint density at radius 1 is 1.53 bits per heavy atom. The van der Waals surface area contributed by atoms with Crippen LogP contribution in [0.5, 0.6) is 0 Å². The Morgan fingerprint density at radius 3 is 2.67 bits per heavy atom. The second-order valence-electron chi connectivity index (χ2n) is 3.99. The highest BCUT2D eigenvalue weighted by molar-refractivity contribution is 7.08. The van der Waals surface area contributed by atoms with Crippen molar-refractivity contribution in [3.8, 4) is 0 Å². The molecule has 0 saturated heterocycles. The normalized spacial score (nSPS) is 12.9. The van der Waals surface area contributed by atoms with Gasteiger partial charge in [0, 0.05) is 11.9 Å². The lowest BCUT2D eigenvalue weighted by Crippen LogP contribution is -2.34. The van der Waals surface area contributed by atoms with Gasteiger partial charge < -0.3 is 10.4 Å². The molecule has 0 fully saturated rings. The van der Waals surface area contributed by atoms with Crippen LogP contribution in [0, 0.1) is 12.8 Å². The molecule has 4 heteroatoms. The minimum absolute atomic E-state index is 0.103. The Hall–Kier alpha value is -0.870. The van der Waals surface area contributed by atoms with Gasteiger partial charge in [-0.3, -0.25) is 4.79 Å². The van der Waals surface area contributed by atoms with Crippen LogP contribution in [-0.4, -0.2) is 23.7 Å². The Kier molecular flexibility index (Phi) is 4.29. The van der Waals surface area contributed by atoms with Crippen LogP contribution >= 0.6 is 11.3 Å². The second-order valence-corrected chi connectivity index (χ2v) is 4.73. The van der Waals surface area contributed by atoms with Crippen molar-refractivity contribution in [2.24, 2.45) is 5.92 Å². The molecule has 0 aliphatic rings. The van der Waals surface area contributed by atoms with Crippen LogP contribution in [0.3, 0.4) is 0 Å². The highest BCUT2D eigenvalue weighted by Crippen LogP contribution is 2.13. The van der Waals surface area contributed by atoms with E-state index in [1.165, 1.54) is 11.3 Å². The summed E-state index contributed by atoms with van der Waals surface area (Å²) >= 11 is 1.51. The Labute approximate surface area is 94.1 Å². The summed E-state index contributed by atoms with van der Waals surface area (Å²) in [5.41, 5.74) is 1.69. The average molecular weight is 227 g/mol. The first-order valence-corrected chi connectivity index (χ1v) is 5.95. The number of aliphatic hydroxyl groups is 1. The molecule has 84 valence electrons. The Balaban J connectivity index is 2.47. The average Bonchev–Trinajstić information content (AvgIpc) is 2.60. The van der Waals surface area contributed by atoms with E-state index in [1.807, 2.05) is 31.5 Å². The molecule has 0 bridgehead atoms. The third kappa shape index (κ3) is 3.32. The molecule has 1 atom stereocenters. The van der Waals surface area contributed by atoms with Gasteiger partial charge >= 0.3 is 0 Å². The van der Waals surface area contributed by atoms with E-state index in [-0.39, 0.29) is 11.8 Å². The van der Waals surface area contributed by atoms with Crippen LogP contribution in [0.25, 0.3) is 0 Å². The minimum atomic E-state index is -0.479. The van der Waals surface area contributed by atoms with Gasteiger partial charge in [0.15, 0.2) is 0 Å². The molecule has 1 rings (SSSR count). The van der Waals surface area contributed by atoms with E-state index in [0.717, 1.165) is 5.56 Å². The molecule has 1 aromatic heterocycles. The van der Waals surface area contributed by atoms with Crippen LogP contribution in [0.2, 0.25) is 0 Å². The molecule has 0 unspecified atom stereocenters. The molecule has 0 spiro atoms. The fraction of sp³-hybridized carbons (Fsp3) is 0.545. The van der Waals surface area contributed by atoms with Gasteiger partial charge in [0.2, 0.25) is 0 Å². The lowest BCUT2D eigenvalue weighted by molar-refractivity contribution is 0.0871. The van der Waals surface area contributed by atoms with E-state index >= 15 is 0 Å². The summed E-state index contributed by atoms with van der Waals surface area (Å²) < 4.78 is 0. The number of aliphatic hydroxyl groups excluding tert-OH is 1. The highest BCUT2D eigenvalue weighted by atomic mass is 32.1. The van der Waals surface area contributed by atoms with Gasteiger partial charge in [0.1, 0.15) is 0 Å². The lowest BCUT2D eigenvalue weighted by atomic mass is 10.1. The Morgan fingerprint density at radius 2 is 2.20 bits per heavy atom. The summed E-state index contributed by atoms with van der Waals surface area (Å²) in [4.78, 5) is 11.6. The van der Waals surface area contributed by atoms with E-state index in [0.29, 0.717) is 12.1 Å². The summed E-state index contributed by atoms with van der Waals surface area (Å²) in [5.74, 6) is 0.0577. The summed E-state index contributed by atoms with van der Waals surface area (Å²) in [7, 11) is 0. The second kappa shape index (κ2) is 5.28. The van der Waals surface area contributed by atoms with E-state index in [1.54, 1.807) is 0 Å². The quantitative estimate of drug-likeness (QED) is 0.824. The molecule has 15 heavy (non-hydrogen) atoms. The summed E-state index contributed by atoms with van der Waals surface area (Å²) in [5, 5.41) is 16.0. The maximum atomic E-state index is 11.6. The predicted molar refractivity (Wildman–Crippen MR) is 62.2 cm³/mol. The van der Waals surface area contributed by atoms with Crippen LogP contribution in [0.15, 0.2) is 10.8 Å².